The molecule has 11 heavy (non-hydrogen) atoms. The largest absolute Gasteiger partial charge is 0.342 e. The number of carbonyl (C=O) groups excluding carboxylic acids is 2. The molecular weight excluding hydrogens is 142 g/mol. The van der Waals surface area contributed by atoms with Crippen LogP contribution in [0.1, 0.15) is 20.3 Å². The quantitative estimate of drug-likeness (QED) is 0.515. The summed E-state index contributed by atoms with van der Waals surface area (Å²) in [7, 11) is 0. The van der Waals surface area contributed by atoms with Crippen LogP contribution in [0.3, 0.4) is 0 Å². The van der Waals surface area contributed by atoms with Gasteiger partial charge in [0, 0.05) is 19.5 Å². The van der Waals surface area contributed by atoms with Crippen LogP contribution in [0.25, 0.3) is 0 Å². The molecule has 0 aromatic carbocycles. The summed E-state index contributed by atoms with van der Waals surface area (Å²) in [5.41, 5.74) is 0. The summed E-state index contributed by atoms with van der Waals surface area (Å²) >= 11 is 0. The van der Waals surface area contributed by atoms with Crippen molar-refractivity contribution in [3.63, 3.8) is 0 Å². The first-order valence-electron chi connectivity index (χ1n) is 3.98. The molecule has 3 heteroatoms. The zero-order chi connectivity index (χ0) is 8.43. The minimum Gasteiger partial charge on any atom is -0.342 e. The van der Waals surface area contributed by atoms with Crippen LogP contribution in [0.5, 0.6) is 0 Å². The van der Waals surface area contributed by atoms with Gasteiger partial charge in [-0.25, -0.2) is 0 Å². The van der Waals surface area contributed by atoms with Gasteiger partial charge >= 0.3 is 0 Å². The van der Waals surface area contributed by atoms with Crippen molar-refractivity contribution in [2.24, 2.45) is 5.92 Å². The van der Waals surface area contributed by atoms with Crippen LogP contribution in [-0.2, 0) is 9.59 Å². The Bertz CT molecular complexity index is 189. The number of Topliss-reactive ketones (excluding diaryl/α,β-unsaturated/α-hetero) is 1. The average Bonchev–Trinajstić information content (AvgIpc) is 2.01. The van der Waals surface area contributed by atoms with Gasteiger partial charge in [0.2, 0.25) is 5.91 Å². The molecule has 1 fully saturated rings. The van der Waals surface area contributed by atoms with Crippen molar-refractivity contribution in [2.75, 3.05) is 13.1 Å². The highest BCUT2D eigenvalue weighted by molar-refractivity contribution is 6.03. The van der Waals surface area contributed by atoms with Gasteiger partial charge in [0.25, 0.3) is 0 Å². The third-order valence-electron chi connectivity index (χ3n) is 2.17. The Hall–Kier alpha value is -0.860. The number of nitrogens with zero attached hydrogens (tertiary/aromatic N) is 1. The van der Waals surface area contributed by atoms with Crippen LogP contribution in [0.2, 0.25) is 0 Å². The van der Waals surface area contributed by atoms with Gasteiger partial charge in [-0.3, -0.25) is 9.59 Å². The zero-order valence-corrected chi connectivity index (χ0v) is 6.96. The summed E-state index contributed by atoms with van der Waals surface area (Å²) in [6, 6.07) is 0. The predicted molar refractivity (Wildman–Crippen MR) is 41.0 cm³/mol. The summed E-state index contributed by atoms with van der Waals surface area (Å²) in [5.74, 6) is -0.327. The molecule has 0 spiro atoms. The average molecular weight is 155 g/mol. The zero-order valence-electron chi connectivity index (χ0n) is 6.96. The monoisotopic (exact) mass is 155 g/mol. The molecular formula is C8H13NO2. The fourth-order valence-electron chi connectivity index (χ4n) is 1.30. The molecule has 1 atom stereocenters. The van der Waals surface area contributed by atoms with E-state index in [-0.39, 0.29) is 11.7 Å². The van der Waals surface area contributed by atoms with Crippen molar-refractivity contribution in [2.45, 2.75) is 20.3 Å². The Morgan fingerprint density at radius 1 is 1.55 bits per heavy atom. The van der Waals surface area contributed by atoms with E-state index in [2.05, 4.69) is 0 Å². The maximum absolute atomic E-state index is 11.3. The molecule has 1 rings (SSSR count). The number of hydrogen-bond acceptors (Lipinski definition) is 2. The van der Waals surface area contributed by atoms with Gasteiger partial charge in [-0.05, 0) is 13.8 Å². The van der Waals surface area contributed by atoms with Gasteiger partial charge in [-0.1, -0.05) is 0 Å². The molecule has 0 N–H and O–H groups in total. The number of amides is 1. The van der Waals surface area contributed by atoms with E-state index in [1.54, 1.807) is 11.8 Å². The van der Waals surface area contributed by atoms with Gasteiger partial charge in [0.05, 0.1) is 5.92 Å². The van der Waals surface area contributed by atoms with Gasteiger partial charge < -0.3 is 4.90 Å². The lowest BCUT2D eigenvalue weighted by Gasteiger charge is -2.28. The van der Waals surface area contributed by atoms with Crippen molar-refractivity contribution < 1.29 is 9.59 Å². The van der Waals surface area contributed by atoms with E-state index in [1.165, 1.54) is 0 Å². The molecule has 0 bridgehead atoms. The number of likely N-dealkylation sites (tertiary alicyclic amines) is 1. The van der Waals surface area contributed by atoms with E-state index in [0.29, 0.717) is 13.0 Å². The lowest BCUT2D eigenvalue weighted by atomic mass is 9.98. The minimum atomic E-state index is -0.399. The second kappa shape index (κ2) is 3.03. The molecule has 1 heterocycles. The second-order valence-corrected chi connectivity index (χ2v) is 2.86. The molecule has 0 radical (unpaired) electrons. The van der Waals surface area contributed by atoms with E-state index in [0.717, 1.165) is 6.54 Å². The molecule has 1 aliphatic heterocycles. The van der Waals surface area contributed by atoms with E-state index in [9.17, 15) is 9.59 Å². The molecule has 0 aliphatic carbocycles. The maximum atomic E-state index is 11.3. The predicted octanol–water partition coefficient (Wildman–Crippen LogP) is 0.444. The van der Waals surface area contributed by atoms with E-state index in [1.807, 2.05) is 6.92 Å². The molecule has 0 aromatic heterocycles. The van der Waals surface area contributed by atoms with Crippen LogP contribution in [0, 0.1) is 5.92 Å². The summed E-state index contributed by atoms with van der Waals surface area (Å²) in [4.78, 5) is 24.0. The topological polar surface area (TPSA) is 37.4 Å². The Morgan fingerprint density at radius 3 is 2.73 bits per heavy atom. The highest BCUT2D eigenvalue weighted by atomic mass is 16.2. The molecule has 0 saturated carbocycles. The standard InChI is InChI=1S/C8H13NO2/c1-3-9-5-4-7(10)6(2)8(9)11/h6H,3-5H2,1-2H3. The Balaban J connectivity index is 2.67. The van der Waals surface area contributed by atoms with E-state index >= 15 is 0 Å². The fraction of sp³-hybridized carbons (Fsp3) is 0.750. The molecule has 1 unspecified atom stereocenters. The number of piperidine rings is 1. The summed E-state index contributed by atoms with van der Waals surface area (Å²) in [6.07, 6.45) is 0.529. The number of hydrogen-bond donors (Lipinski definition) is 0. The normalized spacial score (nSPS) is 26.0. The van der Waals surface area contributed by atoms with Crippen molar-refractivity contribution in [3.05, 3.63) is 0 Å². The third kappa shape index (κ3) is 1.42. The first-order valence-corrected chi connectivity index (χ1v) is 3.98. The summed E-state index contributed by atoms with van der Waals surface area (Å²) < 4.78 is 0. The van der Waals surface area contributed by atoms with Crippen molar-refractivity contribution >= 4 is 11.7 Å². The minimum absolute atomic E-state index is 0.0104. The highest BCUT2D eigenvalue weighted by Crippen LogP contribution is 2.12. The molecule has 1 saturated heterocycles. The van der Waals surface area contributed by atoms with Crippen LogP contribution in [0.15, 0.2) is 0 Å². The summed E-state index contributed by atoms with van der Waals surface area (Å²) in [6.45, 7) is 4.95. The van der Waals surface area contributed by atoms with Crippen LogP contribution in [-0.4, -0.2) is 29.7 Å². The highest BCUT2D eigenvalue weighted by Gasteiger charge is 2.30. The Labute approximate surface area is 66.4 Å². The molecule has 0 aromatic rings. The fourth-order valence-corrected chi connectivity index (χ4v) is 1.30. The Kier molecular flexibility index (Phi) is 2.27. The summed E-state index contributed by atoms with van der Waals surface area (Å²) in [5, 5.41) is 0. The molecule has 3 nitrogen and oxygen atoms in total. The van der Waals surface area contributed by atoms with Gasteiger partial charge in [0.1, 0.15) is 5.78 Å². The lowest BCUT2D eigenvalue weighted by molar-refractivity contribution is -0.144. The van der Waals surface area contributed by atoms with Crippen molar-refractivity contribution in [3.8, 4) is 0 Å². The Morgan fingerprint density at radius 2 is 2.18 bits per heavy atom. The maximum Gasteiger partial charge on any atom is 0.232 e. The van der Waals surface area contributed by atoms with Gasteiger partial charge in [-0.2, -0.15) is 0 Å². The molecule has 1 aliphatic rings. The smallest absolute Gasteiger partial charge is 0.232 e. The molecule has 1 amide bonds. The number of ketones is 1. The van der Waals surface area contributed by atoms with Crippen LogP contribution >= 0.6 is 0 Å². The van der Waals surface area contributed by atoms with Gasteiger partial charge in [0.15, 0.2) is 0 Å². The molecule has 62 valence electrons. The van der Waals surface area contributed by atoms with Crippen molar-refractivity contribution in [1.29, 1.82) is 0 Å². The van der Waals surface area contributed by atoms with Crippen LogP contribution in [0.4, 0.5) is 0 Å². The number of rotatable bonds is 1. The SMILES string of the molecule is CCN1CCC(=O)C(C)C1=O. The second-order valence-electron chi connectivity index (χ2n) is 2.86. The van der Waals surface area contributed by atoms with Crippen molar-refractivity contribution in [1.82, 2.24) is 4.90 Å². The third-order valence-corrected chi connectivity index (χ3v) is 2.17. The van der Waals surface area contributed by atoms with E-state index in [4.69, 9.17) is 0 Å². The lowest BCUT2D eigenvalue weighted by Crippen LogP contribution is -2.44. The first-order chi connectivity index (χ1) is 5.16. The van der Waals surface area contributed by atoms with Crippen LogP contribution < -0.4 is 0 Å². The van der Waals surface area contributed by atoms with Gasteiger partial charge in [-0.15, -0.1) is 0 Å². The first kappa shape index (κ1) is 8.24. The number of carbonyl (C=O) groups is 2. The van der Waals surface area contributed by atoms with E-state index < -0.39 is 5.92 Å².